The summed E-state index contributed by atoms with van der Waals surface area (Å²) in [4.78, 5) is 28.7. The van der Waals surface area contributed by atoms with Gasteiger partial charge in [-0.25, -0.2) is 0 Å². The van der Waals surface area contributed by atoms with Crippen LogP contribution in [0.2, 0.25) is 0 Å². The molecule has 0 aliphatic carbocycles. The Bertz CT molecular complexity index is 981. The first-order chi connectivity index (χ1) is 13.1. The molecule has 3 aromatic rings. The van der Waals surface area contributed by atoms with Crippen LogP contribution in [0.4, 0.5) is 5.69 Å². The Morgan fingerprint density at radius 2 is 1.44 bits per heavy atom. The van der Waals surface area contributed by atoms with E-state index in [1.54, 1.807) is 6.92 Å². The van der Waals surface area contributed by atoms with Crippen LogP contribution in [0.25, 0.3) is 10.8 Å². The molecule has 27 heavy (non-hydrogen) atoms. The van der Waals surface area contributed by atoms with Crippen molar-refractivity contribution in [1.82, 2.24) is 4.90 Å². The molecule has 1 heterocycles. The maximum atomic E-state index is 13.0. The van der Waals surface area contributed by atoms with E-state index in [0.29, 0.717) is 13.1 Å². The third-order valence-corrected chi connectivity index (χ3v) is 5.23. The molecule has 1 aliphatic heterocycles. The van der Waals surface area contributed by atoms with Crippen molar-refractivity contribution in [2.75, 3.05) is 31.1 Å². The minimum atomic E-state index is 0.0760. The highest BCUT2D eigenvalue weighted by molar-refractivity contribution is 6.07. The molecule has 0 N–H and O–H groups in total. The minimum absolute atomic E-state index is 0.0760. The smallest absolute Gasteiger partial charge is 0.254 e. The van der Waals surface area contributed by atoms with Gasteiger partial charge in [-0.2, -0.15) is 0 Å². The number of ketones is 1. The third-order valence-electron chi connectivity index (χ3n) is 5.23. The maximum Gasteiger partial charge on any atom is 0.254 e. The summed E-state index contributed by atoms with van der Waals surface area (Å²) in [7, 11) is 0. The molecular weight excluding hydrogens is 336 g/mol. The van der Waals surface area contributed by atoms with Gasteiger partial charge >= 0.3 is 0 Å². The fourth-order valence-electron chi connectivity index (χ4n) is 3.66. The quantitative estimate of drug-likeness (QED) is 0.665. The highest BCUT2D eigenvalue weighted by Crippen LogP contribution is 2.22. The van der Waals surface area contributed by atoms with Gasteiger partial charge < -0.3 is 9.80 Å². The van der Waals surface area contributed by atoms with E-state index >= 15 is 0 Å². The molecule has 0 saturated carbocycles. The number of nitrogens with zero attached hydrogens (tertiary/aromatic N) is 2. The first kappa shape index (κ1) is 17.3. The number of carbonyl (C=O) groups is 2. The summed E-state index contributed by atoms with van der Waals surface area (Å²) >= 11 is 0. The van der Waals surface area contributed by atoms with Gasteiger partial charge in [0.05, 0.1) is 0 Å². The Labute approximate surface area is 159 Å². The Kier molecular flexibility index (Phi) is 4.63. The van der Waals surface area contributed by atoms with Crippen molar-refractivity contribution in [3.05, 3.63) is 77.9 Å². The lowest BCUT2D eigenvalue weighted by atomic mass is 10.0. The standard InChI is InChI=1S/C23H22N2O2/c1-17(26)18-9-11-20(12-10-18)24-13-15-25(16-14-24)23(27)22-8-4-6-19-5-2-3-7-21(19)22/h2-12H,13-16H2,1H3. The van der Waals surface area contributed by atoms with E-state index in [1.165, 1.54) is 0 Å². The van der Waals surface area contributed by atoms with E-state index in [0.717, 1.165) is 40.7 Å². The number of benzene rings is 3. The van der Waals surface area contributed by atoms with E-state index in [9.17, 15) is 9.59 Å². The molecule has 1 fully saturated rings. The number of anilines is 1. The summed E-state index contributed by atoms with van der Waals surface area (Å²) in [6, 6.07) is 21.6. The molecule has 0 spiro atoms. The second-order valence-corrected chi connectivity index (χ2v) is 6.91. The highest BCUT2D eigenvalue weighted by Gasteiger charge is 2.23. The van der Waals surface area contributed by atoms with Gasteiger partial charge in [-0.3, -0.25) is 9.59 Å². The summed E-state index contributed by atoms with van der Waals surface area (Å²) in [5, 5.41) is 2.10. The average molecular weight is 358 g/mol. The monoisotopic (exact) mass is 358 g/mol. The topological polar surface area (TPSA) is 40.6 Å². The molecule has 1 aliphatic rings. The minimum Gasteiger partial charge on any atom is -0.368 e. The van der Waals surface area contributed by atoms with Crippen LogP contribution in [-0.4, -0.2) is 42.8 Å². The van der Waals surface area contributed by atoms with Gasteiger partial charge in [-0.1, -0.05) is 36.4 Å². The molecule has 1 amide bonds. The van der Waals surface area contributed by atoms with Gasteiger partial charge in [0, 0.05) is 43.0 Å². The van der Waals surface area contributed by atoms with E-state index in [2.05, 4.69) is 4.90 Å². The Morgan fingerprint density at radius 3 is 2.15 bits per heavy atom. The molecule has 4 heteroatoms. The van der Waals surface area contributed by atoms with Crippen LogP contribution in [-0.2, 0) is 0 Å². The lowest BCUT2D eigenvalue weighted by Crippen LogP contribution is -2.48. The van der Waals surface area contributed by atoms with Crippen LogP contribution in [0.1, 0.15) is 27.6 Å². The van der Waals surface area contributed by atoms with Crippen molar-refractivity contribution in [3.8, 4) is 0 Å². The van der Waals surface area contributed by atoms with Crippen LogP contribution in [0.5, 0.6) is 0 Å². The molecule has 0 aromatic heterocycles. The van der Waals surface area contributed by atoms with Gasteiger partial charge in [-0.05, 0) is 48.0 Å². The normalized spacial score (nSPS) is 14.4. The van der Waals surface area contributed by atoms with Crippen molar-refractivity contribution >= 4 is 28.2 Å². The molecule has 0 atom stereocenters. The first-order valence-electron chi connectivity index (χ1n) is 9.26. The predicted molar refractivity (Wildman–Crippen MR) is 109 cm³/mol. The van der Waals surface area contributed by atoms with E-state index in [4.69, 9.17) is 0 Å². The number of hydrogen-bond donors (Lipinski definition) is 0. The molecule has 4 rings (SSSR count). The van der Waals surface area contributed by atoms with Crippen molar-refractivity contribution in [3.63, 3.8) is 0 Å². The van der Waals surface area contributed by atoms with Gasteiger partial charge in [0.15, 0.2) is 5.78 Å². The highest BCUT2D eigenvalue weighted by atomic mass is 16.2. The molecule has 0 radical (unpaired) electrons. The van der Waals surface area contributed by atoms with Crippen LogP contribution in [0.3, 0.4) is 0 Å². The molecule has 3 aromatic carbocycles. The van der Waals surface area contributed by atoms with Crippen LogP contribution < -0.4 is 4.90 Å². The van der Waals surface area contributed by atoms with Gasteiger partial charge in [0.2, 0.25) is 0 Å². The third kappa shape index (κ3) is 3.43. The van der Waals surface area contributed by atoms with E-state index in [-0.39, 0.29) is 11.7 Å². The number of rotatable bonds is 3. The lowest BCUT2D eigenvalue weighted by molar-refractivity contribution is 0.0748. The second-order valence-electron chi connectivity index (χ2n) is 6.91. The number of carbonyl (C=O) groups excluding carboxylic acids is 2. The fourth-order valence-corrected chi connectivity index (χ4v) is 3.66. The summed E-state index contributed by atoms with van der Waals surface area (Å²) in [6.45, 7) is 4.53. The van der Waals surface area contributed by atoms with Crippen molar-refractivity contribution in [1.29, 1.82) is 0 Å². The fraction of sp³-hybridized carbons (Fsp3) is 0.217. The molecule has 0 bridgehead atoms. The summed E-state index contributed by atoms with van der Waals surface area (Å²) in [6.07, 6.45) is 0. The molecule has 1 saturated heterocycles. The number of hydrogen-bond acceptors (Lipinski definition) is 3. The number of Topliss-reactive ketones (excluding diaryl/α,β-unsaturated/α-hetero) is 1. The number of amides is 1. The van der Waals surface area contributed by atoms with Crippen molar-refractivity contribution < 1.29 is 9.59 Å². The Hall–Kier alpha value is -3.14. The summed E-state index contributed by atoms with van der Waals surface area (Å²) in [5.41, 5.74) is 2.59. The average Bonchev–Trinajstić information content (AvgIpc) is 2.73. The lowest BCUT2D eigenvalue weighted by Gasteiger charge is -2.36. The Morgan fingerprint density at radius 1 is 0.778 bits per heavy atom. The zero-order chi connectivity index (χ0) is 18.8. The van der Waals surface area contributed by atoms with Crippen LogP contribution in [0, 0.1) is 0 Å². The molecule has 136 valence electrons. The first-order valence-corrected chi connectivity index (χ1v) is 9.26. The van der Waals surface area contributed by atoms with Gasteiger partial charge in [0.25, 0.3) is 5.91 Å². The van der Waals surface area contributed by atoms with Gasteiger partial charge in [0.1, 0.15) is 0 Å². The molecule has 0 unspecified atom stereocenters. The number of piperazine rings is 1. The molecule has 4 nitrogen and oxygen atoms in total. The number of fused-ring (bicyclic) bond motifs is 1. The van der Waals surface area contributed by atoms with Crippen LogP contribution >= 0.6 is 0 Å². The Balaban J connectivity index is 1.47. The van der Waals surface area contributed by atoms with Crippen LogP contribution in [0.15, 0.2) is 66.7 Å². The zero-order valence-electron chi connectivity index (χ0n) is 15.4. The summed E-state index contributed by atoms with van der Waals surface area (Å²) in [5.74, 6) is 0.172. The molecular formula is C23H22N2O2. The van der Waals surface area contributed by atoms with Crippen molar-refractivity contribution in [2.45, 2.75) is 6.92 Å². The van der Waals surface area contributed by atoms with Gasteiger partial charge in [-0.15, -0.1) is 0 Å². The second kappa shape index (κ2) is 7.23. The SMILES string of the molecule is CC(=O)c1ccc(N2CCN(C(=O)c3cccc4ccccc34)CC2)cc1. The van der Waals surface area contributed by atoms with E-state index < -0.39 is 0 Å². The maximum absolute atomic E-state index is 13.0. The van der Waals surface area contributed by atoms with E-state index in [1.807, 2.05) is 71.6 Å². The van der Waals surface area contributed by atoms with Crippen molar-refractivity contribution in [2.24, 2.45) is 0 Å². The zero-order valence-corrected chi connectivity index (χ0v) is 15.4. The predicted octanol–water partition coefficient (Wildman–Crippen LogP) is 4.00. The summed E-state index contributed by atoms with van der Waals surface area (Å²) < 4.78 is 0. The largest absolute Gasteiger partial charge is 0.368 e.